The first kappa shape index (κ1) is 25.8. The number of nitro groups is 1. The number of rotatable bonds is 12. The molecule has 0 saturated heterocycles. The number of amides is 1. The fraction of sp³-hybridized carbons (Fsp3) is 0.545. The van der Waals surface area contributed by atoms with E-state index in [1.165, 1.54) is 37.1 Å². The molecule has 3 atom stereocenters. The fourth-order valence-corrected chi connectivity index (χ4v) is 4.33. The highest BCUT2D eigenvalue weighted by Gasteiger charge is 2.49. The van der Waals surface area contributed by atoms with Crippen molar-refractivity contribution in [1.29, 1.82) is 0 Å². The lowest BCUT2D eigenvalue weighted by Gasteiger charge is -2.08. The molecule has 0 heterocycles. The fourth-order valence-electron chi connectivity index (χ4n) is 3.93. The molecule has 0 radical (unpaired) electrons. The summed E-state index contributed by atoms with van der Waals surface area (Å²) in [5.74, 6) is 2.01. The minimum Gasteiger partial charge on any atom is -0.449 e. The number of hydrogen-bond donors (Lipinski definition) is 2. The molecule has 0 aromatic heterocycles. The molecule has 34 heavy (non-hydrogen) atoms. The summed E-state index contributed by atoms with van der Waals surface area (Å²) in [6, 6.07) is 5.07. The number of carbonyl (C=O) groups excluding carboxylic acids is 2. The van der Waals surface area contributed by atoms with E-state index in [1.807, 2.05) is 0 Å². The normalized spacial score (nSPS) is 21.8. The number of non-ortho nitro benzene ring substituents is 1. The van der Waals surface area contributed by atoms with Crippen molar-refractivity contribution in [3.05, 3.63) is 46.5 Å². The monoisotopic (exact) mass is 495 g/mol. The van der Waals surface area contributed by atoms with Crippen molar-refractivity contribution in [2.75, 3.05) is 33.0 Å². The van der Waals surface area contributed by atoms with E-state index in [9.17, 15) is 19.7 Å². The van der Waals surface area contributed by atoms with Gasteiger partial charge in [0.05, 0.1) is 24.7 Å². The number of ether oxygens (including phenoxy) is 4. The van der Waals surface area contributed by atoms with Crippen LogP contribution in [0.5, 0.6) is 5.75 Å². The molecule has 1 fully saturated rings. The van der Waals surface area contributed by atoms with Gasteiger partial charge >= 0.3 is 12.2 Å². The second kappa shape index (κ2) is 13.8. The van der Waals surface area contributed by atoms with Crippen molar-refractivity contribution in [3.8, 4) is 5.75 Å². The lowest BCUT2D eigenvalue weighted by Crippen LogP contribution is -2.25. The van der Waals surface area contributed by atoms with E-state index in [0.29, 0.717) is 37.5 Å². The number of benzene rings is 1. The predicted octanol–water partition coefficient (Wildman–Crippen LogP) is 4.00. The summed E-state index contributed by atoms with van der Waals surface area (Å²) in [7, 11) is 0. The summed E-state index contributed by atoms with van der Waals surface area (Å²) >= 11 is 1.03. The van der Waals surface area contributed by atoms with E-state index in [0.717, 1.165) is 25.0 Å². The predicted molar refractivity (Wildman–Crippen MR) is 124 cm³/mol. The number of allylic oxidation sites excluding steroid dienone is 2. The zero-order chi connectivity index (χ0) is 24.2. The van der Waals surface area contributed by atoms with Crippen LogP contribution in [0.1, 0.15) is 25.7 Å². The molecule has 2 aliphatic carbocycles. The highest BCUT2D eigenvalue weighted by molar-refractivity contribution is 7.96. The van der Waals surface area contributed by atoms with Gasteiger partial charge in [0.1, 0.15) is 12.4 Å². The third-order valence-electron chi connectivity index (χ3n) is 5.67. The molecule has 1 aromatic rings. The number of hydrogen-bond acceptors (Lipinski definition) is 10. The van der Waals surface area contributed by atoms with Crippen LogP contribution in [-0.2, 0) is 14.2 Å². The summed E-state index contributed by atoms with van der Waals surface area (Å²) in [6.45, 7) is 1.42. The second-order valence-corrected chi connectivity index (χ2v) is 8.58. The number of nitro benzene ring substituents is 1. The number of carbonyl (C=O) groups is 2. The van der Waals surface area contributed by atoms with Gasteiger partial charge in [-0.2, -0.15) is 0 Å². The Morgan fingerprint density at radius 2 is 1.74 bits per heavy atom. The van der Waals surface area contributed by atoms with Gasteiger partial charge in [0, 0.05) is 30.8 Å². The van der Waals surface area contributed by atoms with Gasteiger partial charge in [0.2, 0.25) is 0 Å². The van der Waals surface area contributed by atoms with E-state index in [4.69, 9.17) is 18.9 Å². The molecular weight excluding hydrogens is 466 g/mol. The van der Waals surface area contributed by atoms with E-state index in [1.54, 1.807) is 0 Å². The lowest BCUT2D eigenvalue weighted by molar-refractivity contribution is -0.384. The van der Waals surface area contributed by atoms with E-state index < -0.39 is 17.2 Å². The zero-order valence-corrected chi connectivity index (χ0v) is 19.5. The van der Waals surface area contributed by atoms with Crippen molar-refractivity contribution >= 4 is 30.1 Å². The van der Waals surface area contributed by atoms with Gasteiger partial charge in [-0.15, -0.1) is 0 Å². The van der Waals surface area contributed by atoms with Gasteiger partial charge in [0.15, 0.2) is 0 Å². The standard InChI is InChI=1S/C22H29N3O8S/c26-21(32-15-20-18-5-3-1-2-4-6-19(18)20)24-34-23-11-12-30-13-14-31-22(27)33-17-9-7-16(8-10-17)25(28)29/h1-2,7-10,18-20,23H,3-6,11-15H2,(H,24,26)/b2-1-/t18-,19+,20-. The smallest absolute Gasteiger partial charge is 0.449 e. The Morgan fingerprint density at radius 3 is 2.41 bits per heavy atom. The van der Waals surface area contributed by atoms with Crippen LogP contribution in [0.3, 0.4) is 0 Å². The largest absolute Gasteiger partial charge is 0.513 e. The first-order valence-electron chi connectivity index (χ1n) is 11.2. The summed E-state index contributed by atoms with van der Waals surface area (Å²) in [4.78, 5) is 33.4. The third-order valence-corrected chi connectivity index (χ3v) is 6.28. The molecule has 1 saturated carbocycles. The van der Waals surface area contributed by atoms with Crippen LogP contribution < -0.4 is 14.2 Å². The van der Waals surface area contributed by atoms with Crippen LogP contribution in [0.4, 0.5) is 15.3 Å². The van der Waals surface area contributed by atoms with Gasteiger partial charge in [-0.25, -0.2) is 14.3 Å². The number of nitrogens with zero attached hydrogens (tertiary/aromatic N) is 1. The van der Waals surface area contributed by atoms with E-state index >= 15 is 0 Å². The van der Waals surface area contributed by atoms with Crippen molar-refractivity contribution in [2.24, 2.45) is 17.8 Å². The van der Waals surface area contributed by atoms with Crippen LogP contribution in [0.25, 0.3) is 0 Å². The Balaban J connectivity index is 1.12. The Bertz CT molecular complexity index is 835. The van der Waals surface area contributed by atoms with Crippen LogP contribution in [0, 0.1) is 27.9 Å². The molecule has 3 rings (SSSR count). The minimum atomic E-state index is -0.929. The lowest BCUT2D eigenvalue weighted by atomic mass is 10.1. The van der Waals surface area contributed by atoms with E-state index in [-0.39, 0.29) is 24.7 Å². The molecule has 0 spiro atoms. The van der Waals surface area contributed by atoms with Gasteiger partial charge in [-0.1, -0.05) is 12.2 Å². The molecule has 0 unspecified atom stereocenters. The maximum Gasteiger partial charge on any atom is 0.513 e. The average Bonchev–Trinajstić information content (AvgIpc) is 3.45. The van der Waals surface area contributed by atoms with Crippen molar-refractivity contribution < 1.29 is 33.5 Å². The highest BCUT2D eigenvalue weighted by atomic mass is 32.2. The van der Waals surface area contributed by atoms with Gasteiger partial charge in [-0.05, 0) is 55.6 Å². The molecule has 2 N–H and O–H groups in total. The molecule has 0 bridgehead atoms. The molecule has 2 aliphatic rings. The third kappa shape index (κ3) is 8.84. The number of fused-ring (bicyclic) bond motifs is 1. The van der Waals surface area contributed by atoms with Gasteiger partial charge in [-0.3, -0.25) is 14.8 Å². The average molecular weight is 496 g/mol. The summed E-state index contributed by atoms with van der Waals surface area (Å²) in [5, 5.41) is 10.6. The minimum absolute atomic E-state index is 0.0112. The van der Waals surface area contributed by atoms with Gasteiger partial charge < -0.3 is 18.9 Å². The first-order valence-corrected chi connectivity index (χ1v) is 12.0. The Kier molecular flexibility index (Phi) is 10.4. The Labute approximate surface area is 201 Å². The summed E-state index contributed by atoms with van der Waals surface area (Å²) < 4.78 is 25.9. The Hall–Kier alpha value is -2.83. The molecule has 0 aliphatic heterocycles. The SMILES string of the molecule is O=C(NSNCCOCCOC(=O)Oc1ccc([N+](=O)[O-])cc1)OC[C@@H]1[C@@H]2CC/C=C\CC[C@@H]21. The highest BCUT2D eigenvalue weighted by Crippen LogP contribution is 2.52. The maximum atomic E-state index is 11.8. The van der Waals surface area contributed by atoms with Crippen LogP contribution >= 0.6 is 12.1 Å². The van der Waals surface area contributed by atoms with Crippen molar-refractivity contribution in [3.63, 3.8) is 0 Å². The molecule has 12 heteroatoms. The summed E-state index contributed by atoms with van der Waals surface area (Å²) in [5.41, 5.74) is -0.104. The first-order chi connectivity index (χ1) is 16.5. The van der Waals surface area contributed by atoms with Crippen LogP contribution in [0.15, 0.2) is 36.4 Å². The number of nitrogens with one attached hydrogen (secondary N) is 2. The maximum absolute atomic E-state index is 11.8. The second-order valence-electron chi connectivity index (χ2n) is 7.88. The molecule has 11 nitrogen and oxygen atoms in total. The van der Waals surface area contributed by atoms with Crippen LogP contribution in [-0.4, -0.2) is 50.1 Å². The quantitative estimate of drug-likeness (QED) is 0.0832. The van der Waals surface area contributed by atoms with Crippen molar-refractivity contribution in [2.45, 2.75) is 25.7 Å². The zero-order valence-electron chi connectivity index (χ0n) is 18.7. The van der Waals surface area contributed by atoms with Crippen molar-refractivity contribution in [1.82, 2.24) is 9.44 Å². The van der Waals surface area contributed by atoms with E-state index in [2.05, 4.69) is 21.6 Å². The van der Waals surface area contributed by atoms with Crippen LogP contribution in [0.2, 0.25) is 0 Å². The molecule has 186 valence electrons. The summed E-state index contributed by atoms with van der Waals surface area (Å²) in [6.07, 6.45) is 7.69. The molecular formula is C22H29N3O8S. The topological polar surface area (TPSA) is 138 Å². The Morgan fingerprint density at radius 1 is 1.03 bits per heavy atom. The molecule has 1 amide bonds. The van der Waals surface area contributed by atoms with Gasteiger partial charge in [0.25, 0.3) is 5.69 Å². The molecule has 1 aromatic carbocycles.